The number of hydrogen-bond donors (Lipinski definition) is 2. The number of hydrogen-bond acceptors (Lipinski definition) is 3. The van der Waals surface area contributed by atoms with E-state index in [1.165, 1.54) is 6.07 Å². The Bertz CT molecular complexity index is 684. The second-order valence-electron chi connectivity index (χ2n) is 5.14. The Morgan fingerprint density at radius 2 is 2.00 bits per heavy atom. The third-order valence-corrected chi connectivity index (χ3v) is 3.53. The Kier molecular flexibility index (Phi) is 8.09. The average molecular weight is 450 g/mol. The van der Waals surface area contributed by atoms with Gasteiger partial charge in [0.05, 0.1) is 5.69 Å². The van der Waals surface area contributed by atoms with Crippen LogP contribution < -0.4 is 10.6 Å². The zero-order valence-corrected chi connectivity index (χ0v) is 16.2. The molecular formula is C16H21F2IN4O. The highest BCUT2D eigenvalue weighted by Gasteiger charge is 2.09. The van der Waals surface area contributed by atoms with Crippen molar-refractivity contribution in [3.05, 3.63) is 52.4 Å². The predicted octanol–water partition coefficient (Wildman–Crippen LogP) is 3.10. The molecule has 1 heterocycles. The van der Waals surface area contributed by atoms with Crippen LogP contribution in [0.5, 0.6) is 0 Å². The van der Waals surface area contributed by atoms with Gasteiger partial charge in [-0.1, -0.05) is 5.16 Å². The summed E-state index contributed by atoms with van der Waals surface area (Å²) in [5, 5.41) is 9.98. The van der Waals surface area contributed by atoms with E-state index in [4.69, 9.17) is 4.52 Å². The molecule has 0 aliphatic heterocycles. The molecule has 0 atom stereocenters. The molecule has 8 heteroatoms. The molecule has 5 nitrogen and oxygen atoms in total. The Balaban J connectivity index is 0.00000288. The molecule has 24 heavy (non-hydrogen) atoms. The Labute approximate surface area is 156 Å². The topological polar surface area (TPSA) is 62.5 Å². The molecule has 0 amide bonds. The van der Waals surface area contributed by atoms with Gasteiger partial charge in [0.1, 0.15) is 17.4 Å². The first-order valence-electron chi connectivity index (χ1n) is 7.31. The van der Waals surface area contributed by atoms with Crippen molar-refractivity contribution in [1.82, 2.24) is 15.8 Å². The highest BCUT2D eigenvalue weighted by Crippen LogP contribution is 2.12. The molecule has 2 rings (SSSR count). The van der Waals surface area contributed by atoms with Crippen LogP contribution in [0.25, 0.3) is 0 Å². The third kappa shape index (κ3) is 5.43. The molecule has 0 bridgehead atoms. The van der Waals surface area contributed by atoms with Gasteiger partial charge in [-0.15, -0.1) is 24.0 Å². The van der Waals surface area contributed by atoms with E-state index in [9.17, 15) is 8.78 Å². The van der Waals surface area contributed by atoms with Crippen LogP contribution in [0, 0.1) is 25.5 Å². The summed E-state index contributed by atoms with van der Waals surface area (Å²) in [6.07, 6.45) is 0.732. The summed E-state index contributed by atoms with van der Waals surface area (Å²) >= 11 is 0. The highest BCUT2D eigenvalue weighted by molar-refractivity contribution is 14.0. The normalized spacial score (nSPS) is 11.1. The number of benzene rings is 1. The molecule has 1 aromatic carbocycles. The van der Waals surface area contributed by atoms with Crippen molar-refractivity contribution in [2.45, 2.75) is 26.8 Å². The summed E-state index contributed by atoms with van der Waals surface area (Å²) in [5.41, 5.74) is 2.18. The maximum Gasteiger partial charge on any atom is 0.191 e. The minimum Gasteiger partial charge on any atom is -0.361 e. The number of nitrogens with one attached hydrogen (secondary N) is 2. The third-order valence-electron chi connectivity index (χ3n) is 3.53. The van der Waals surface area contributed by atoms with Gasteiger partial charge in [-0.05, 0) is 38.5 Å². The summed E-state index contributed by atoms with van der Waals surface area (Å²) in [5.74, 6) is 0.393. The first-order valence-corrected chi connectivity index (χ1v) is 7.31. The molecule has 0 saturated carbocycles. The lowest BCUT2D eigenvalue weighted by Gasteiger charge is -2.12. The van der Waals surface area contributed by atoms with Crippen LogP contribution in [0.3, 0.4) is 0 Å². The first kappa shape index (κ1) is 20.3. The fourth-order valence-electron chi connectivity index (χ4n) is 2.24. The van der Waals surface area contributed by atoms with Gasteiger partial charge in [-0.2, -0.15) is 0 Å². The van der Waals surface area contributed by atoms with E-state index in [1.54, 1.807) is 7.05 Å². The monoisotopic (exact) mass is 450 g/mol. The van der Waals surface area contributed by atoms with Crippen molar-refractivity contribution in [3.8, 4) is 0 Å². The van der Waals surface area contributed by atoms with Crippen LogP contribution in [0.4, 0.5) is 8.78 Å². The molecule has 0 fully saturated rings. The Morgan fingerprint density at radius 3 is 2.62 bits per heavy atom. The number of guanidine groups is 1. The van der Waals surface area contributed by atoms with E-state index in [-0.39, 0.29) is 36.1 Å². The van der Waals surface area contributed by atoms with Crippen LogP contribution in [-0.4, -0.2) is 24.7 Å². The standard InChI is InChI=1S/C16H20F2N4O.HI/c1-10-14(11(2)23-22-10)6-7-20-16(19-3)21-9-12-8-13(17)4-5-15(12)18;/h4-5,8H,6-7,9H2,1-3H3,(H2,19,20,21);1H. The number of nitrogens with zero attached hydrogens (tertiary/aromatic N) is 2. The summed E-state index contributed by atoms with van der Waals surface area (Å²) < 4.78 is 31.8. The molecule has 0 aliphatic rings. The van der Waals surface area contributed by atoms with Crippen molar-refractivity contribution in [2.24, 2.45) is 4.99 Å². The van der Waals surface area contributed by atoms with Gasteiger partial charge in [-0.25, -0.2) is 8.78 Å². The summed E-state index contributed by atoms with van der Waals surface area (Å²) in [6.45, 7) is 4.53. The van der Waals surface area contributed by atoms with Gasteiger partial charge >= 0.3 is 0 Å². The lowest BCUT2D eigenvalue weighted by atomic mass is 10.1. The molecule has 0 radical (unpaired) electrons. The minimum atomic E-state index is -0.468. The fraction of sp³-hybridized carbons (Fsp3) is 0.375. The van der Waals surface area contributed by atoms with Gasteiger partial charge in [-0.3, -0.25) is 4.99 Å². The lowest BCUT2D eigenvalue weighted by molar-refractivity contribution is 0.392. The second kappa shape index (κ2) is 9.55. The van der Waals surface area contributed by atoms with Crippen LogP contribution in [0.1, 0.15) is 22.6 Å². The number of aryl methyl sites for hydroxylation is 2. The molecule has 0 spiro atoms. The fourth-order valence-corrected chi connectivity index (χ4v) is 2.24. The molecule has 0 unspecified atom stereocenters. The van der Waals surface area contributed by atoms with Crippen LogP contribution >= 0.6 is 24.0 Å². The van der Waals surface area contributed by atoms with E-state index in [0.717, 1.165) is 35.6 Å². The molecule has 1 aromatic heterocycles. The van der Waals surface area contributed by atoms with E-state index >= 15 is 0 Å². The molecule has 2 N–H and O–H groups in total. The SMILES string of the molecule is CN=C(NCCc1c(C)noc1C)NCc1cc(F)ccc1F.I. The van der Waals surface area contributed by atoms with E-state index in [0.29, 0.717) is 12.5 Å². The van der Waals surface area contributed by atoms with Gasteiger partial charge in [0, 0.05) is 31.3 Å². The van der Waals surface area contributed by atoms with Crippen LogP contribution in [0.2, 0.25) is 0 Å². The molecule has 2 aromatic rings. The second-order valence-corrected chi connectivity index (χ2v) is 5.14. The van der Waals surface area contributed by atoms with Crippen molar-refractivity contribution in [2.75, 3.05) is 13.6 Å². The summed E-state index contributed by atoms with van der Waals surface area (Å²) in [7, 11) is 1.62. The summed E-state index contributed by atoms with van der Waals surface area (Å²) in [4.78, 5) is 4.06. The Hall–Kier alpha value is -1.71. The quantitative estimate of drug-likeness (QED) is 0.418. The summed E-state index contributed by atoms with van der Waals surface area (Å²) in [6, 6.07) is 3.37. The van der Waals surface area contributed by atoms with Gasteiger partial charge in [0.25, 0.3) is 0 Å². The molecular weight excluding hydrogens is 429 g/mol. The maximum atomic E-state index is 13.6. The van der Waals surface area contributed by atoms with Crippen LogP contribution in [0.15, 0.2) is 27.7 Å². The smallest absolute Gasteiger partial charge is 0.191 e. The molecule has 0 saturated heterocycles. The van der Waals surface area contributed by atoms with E-state index < -0.39 is 11.6 Å². The van der Waals surface area contributed by atoms with Gasteiger partial charge in [0.15, 0.2) is 5.96 Å². The van der Waals surface area contributed by atoms with Crippen molar-refractivity contribution in [3.63, 3.8) is 0 Å². The van der Waals surface area contributed by atoms with E-state index in [1.807, 2.05) is 13.8 Å². The number of rotatable bonds is 5. The predicted molar refractivity (Wildman–Crippen MR) is 99.7 cm³/mol. The Morgan fingerprint density at radius 1 is 1.25 bits per heavy atom. The number of aromatic nitrogens is 1. The number of aliphatic imine (C=N–C) groups is 1. The van der Waals surface area contributed by atoms with Crippen molar-refractivity contribution >= 4 is 29.9 Å². The van der Waals surface area contributed by atoms with E-state index in [2.05, 4.69) is 20.8 Å². The zero-order chi connectivity index (χ0) is 16.8. The minimum absolute atomic E-state index is 0. The largest absolute Gasteiger partial charge is 0.361 e. The van der Waals surface area contributed by atoms with Crippen molar-refractivity contribution < 1.29 is 13.3 Å². The first-order chi connectivity index (χ1) is 11.0. The maximum absolute atomic E-state index is 13.6. The van der Waals surface area contributed by atoms with Crippen LogP contribution in [-0.2, 0) is 13.0 Å². The molecule has 132 valence electrons. The number of halogens is 3. The van der Waals surface area contributed by atoms with Gasteiger partial charge in [0.2, 0.25) is 0 Å². The van der Waals surface area contributed by atoms with Gasteiger partial charge < -0.3 is 15.2 Å². The lowest BCUT2D eigenvalue weighted by Crippen LogP contribution is -2.38. The van der Waals surface area contributed by atoms with Crippen molar-refractivity contribution in [1.29, 1.82) is 0 Å². The molecule has 0 aliphatic carbocycles. The highest BCUT2D eigenvalue weighted by atomic mass is 127. The average Bonchev–Trinajstić information content (AvgIpc) is 2.85. The zero-order valence-electron chi connectivity index (χ0n) is 13.8.